The van der Waals surface area contributed by atoms with Crippen LogP contribution in [-0.2, 0) is 0 Å². The predicted octanol–water partition coefficient (Wildman–Crippen LogP) is 4.18. The van der Waals surface area contributed by atoms with Gasteiger partial charge in [0.15, 0.2) is 11.5 Å². The maximum atomic E-state index is 10.8. The molecule has 1 saturated carbocycles. The summed E-state index contributed by atoms with van der Waals surface area (Å²) < 4.78 is 11.5. The van der Waals surface area contributed by atoms with Crippen molar-refractivity contribution in [2.45, 2.75) is 33.8 Å². The van der Waals surface area contributed by atoms with E-state index in [1.54, 1.807) is 14.2 Å². The van der Waals surface area contributed by atoms with Crippen molar-refractivity contribution in [3.8, 4) is 11.5 Å². The van der Waals surface area contributed by atoms with E-state index in [1.165, 1.54) is 0 Å². The zero-order valence-electron chi connectivity index (χ0n) is 13.0. The van der Waals surface area contributed by atoms with Crippen molar-refractivity contribution in [2.75, 3.05) is 14.2 Å². The monoisotopic (exact) mass is 342 g/mol. The Hall–Kier alpha value is -0.740. The number of methoxy groups -OCH3 is 2. The molecule has 0 saturated heterocycles. The van der Waals surface area contributed by atoms with Gasteiger partial charge in [0.05, 0.1) is 20.3 Å². The van der Waals surface area contributed by atoms with Gasteiger partial charge in [0.1, 0.15) is 0 Å². The van der Waals surface area contributed by atoms with E-state index in [2.05, 4.69) is 43.6 Å². The van der Waals surface area contributed by atoms with Crippen molar-refractivity contribution in [3.63, 3.8) is 0 Å². The standard InChI is InChI=1S/C16H23BrO3/c1-15(2)14(16(15,3)4)13(18)9-7-11(19-5)12(20-6)8-10(9)17/h7-8,13-14,18H,1-6H3. The Morgan fingerprint density at radius 1 is 1.05 bits per heavy atom. The van der Waals surface area contributed by atoms with E-state index in [0.29, 0.717) is 11.5 Å². The van der Waals surface area contributed by atoms with E-state index >= 15 is 0 Å². The summed E-state index contributed by atoms with van der Waals surface area (Å²) in [4.78, 5) is 0. The second-order valence-electron chi connectivity index (χ2n) is 6.59. The van der Waals surface area contributed by atoms with E-state index < -0.39 is 6.10 Å². The SMILES string of the molecule is COc1cc(Br)c(C(O)C2C(C)(C)C2(C)C)cc1OC. The first-order valence-corrected chi connectivity index (χ1v) is 7.57. The molecule has 20 heavy (non-hydrogen) atoms. The van der Waals surface area contributed by atoms with Gasteiger partial charge in [-0.05, 0) is 28.5 Å². The molecule has 1 aromatic carbocycles. The highest BCUT2D eigenvalue weighted by atomic mass is 79.9. The summed E-state index contributed by atoms with van der Waals surface area (Å²) in [6, 6.07) is 3.71. The highest BCUT2D eigenvalue weighted by Gasteiger charge is 2.67. The van der Waals surface area contributed by atoms with Crippen LogP contribution in [0.15, 0.2) is 16.6 Å². The summed E-state index contributed by atoms with van der Waals surface area (Å²) in [5, 5.41) is 10.8. The fraction of sp³-hybridized carbons (Fsp3) is 0.625. The van der Waals surface area contributed by atoms with Crippen LogP contribution in [0.4, 0.5) is 0 Å². The molecule has 112 valence electrons. The van der Waals surface area contributed by atoms with Crippen LogP contribution in [-0.4, -0.2) is 19.3 Å². The Labute approximate surface area is 129 Å². The molecule has 0 radical (unpaired) electrons. The van der Waals surface area contributed by atoms with Crippen LogP contribution in [0.25, 0.3) is 0 Å². The third-order valence-corrected chi connectivity index (χ3v) is 5.96. The third kappa shape index (κ3) is 2.13. The number of hydrogen-bond donors (Lipinski definition) is 1. The van der Waals surface area contributed by atoms with Crippen LogP contribution in [0.2, 0.25) is 0 Å². The smallest absolute Gasteiger partial charge is 0.161 e. The second-order valence-corrected chi connectivity index (χ2v) is 7.45. The molecule has 0 aromatic heterocycles. The van der Waals surface area contributed by atoms with Gasteiger partial charge in [0, 0.05) is 10.4 Å². The molecule has 1 aromatic rings. The van der Waals surface area contributed by atoms with Crippen molar-refractivity contribution in [3.05, 3.63) is 22.2 Å². The molecule has 1 N–H and O–H groups in total. The molecule has 4 heteroatoms. The molecule has 1 atom stereocenters. The molecule has 0 heterocycles. The molecule has 3 nitrogen and oxygen atoms in total. The van der Waals surface area contributed by atoms with E-state index in [9.17, 15) is 5.11 Å². The third-order valence-electron chi connectivity index (χ3n) is 5.27. The molecule has 1 aliphatic carbocycles. The lowest BCUT2D eigenvalue weighted by Crippen LogP contribution is -2.07. The first-order valence-electron chi connectivity index (χ1n) is 6.78. The molecule has 1 fully saturated rings. The quantitative estimate of drug-likeness (QED) is 0.891. The summed E-state index contributed by atoms with van der Waals surface area (Å²) in [6.45, 7) is 8.82. The Kier molecular flexibility index (Phi) is 3.85. The maximum absolute atomic E-state index is 10.8. The molecule has 2 rings (SSSR count). The molecule has 0 amide bonds. The summed E-state index contributed by atoms with van der Waals surface area (Å²) >= 11 is 3.53. The van der Waals surface area contributed by atoms with Crippen molar-refractivity contribution >= 4 is 15.9 Å². The van der Waals surface area contributed by atoms with Gasteiger partial charge in [-0.15, -0.1) is 0 Å². The van der Waals surface area contributed by atoms with Crippen LogP contribution in [0.5, 0.6) is 11.5 Å². The molecular formula is C16H23BrO3. The second kappa shape index (κ2) is 4.92. The van der Waals surface area contributed by atoms with Crippen molar-refractivity contribution in [1.29, 1.82) is 0 Å². The largest absolute Gasteiger partial charge is 0.493 e. The zero-order valence-corrected chi connectivity index (χ0v) is 14.5. The highest BCUT2D eigenvalue weighted by Crippen LogP contribution is 2.72. The molecule has 0 bridgehead atoms. The minimum absolute atomic E-state index is 0.124. The van der Waals surface area contributed by atoms with Gasteiger partial charge in [-0.3, -0.25) is 0 Å². The first-order chi connectivity index (χ1) is 9.18. The van der Waals surface area contributed by atoms with Crippen LogP contribution in [0.1, 0.15) is 39.4 Å². The Morgan fingerprint density at radius 2 is 1.50 bits per heavy atom. The molecule has 1 aliphatic rings. The van der Waals surface area contributed by atoms with Gasteiger partial charge in [-0.1, -0.05) is 43.6 Å². The number of benzene rings is 1. The van der Waals surface area contributed by atoms with Crippen LogP contribution in [0, 0.1) is 16.7 Å². The lowest BCUT2D eigenvalue weighted by atomic mass is 9.99. The summed E-state index contributed by atoms with van der Waals surface area (Å²) in [6.07, 6.45) is -0.519. The Balaban J connectivity index is 2.39. The van der Waals surface area contributed by atoms with Gasteiger partial charge < -0.3 is 14.6 Å². The molecular weight excluding hydrogens is 320 g/mol. The van der Waals surface area contributed by atoms with Crippen LogP contribution >= 0.6 is 15.9 Å². The number of halogens is 1. The zero-order chi connectivity index (χ0) is 15.3. The van der Waals surface area contributed by atoms with E-state index in [1.807, 2.05) is 12.1 Å². The fourth-order valence-electron chi connectivity index (χ4n) is 3.31. The molecule has 0 spiro atoms. The van der Waals surface area contributed by atoms with Crippen molar-refractivity contribution in [2.24, 2.45) is 16.7 Å². The fourth-order valence-corrected chi connectivity index (χ4v) is 3.87. The van der Waals surface area contributed by atoms with Crippen LogP contribution in [0.3, 0.4) is 0 Å². The summed E-state index contributed by atoms with van der Waals surface area (Å²) in [5.74, 6) is 1.52. The number of aliphatic hydroxyl groups is 1. The summed E-state index contributed by atoms with van der Waals surface area (Å²) in [5.41, 5.74) is 1.10. The van der Waals surface area contributed by atoms with Gasteiger partial charge in [-0.2, -0.15) is 0 Å². The molecule has 1 unspecified atom stereocenters. The highest BCUT2D eigenvalue weighted by molar-refractivity contribution is 9.10. The normalized spacial score (nSPS) is 21.4. The topological polar surface area (TPSA) is 38.7 Å². The Morgan fingerprint density at radius 3 is 1.90 bits per heavy atom. The Bertz CT molecular complexity index is 509. The number of hydrogen-bond acceptors (Lipinski definition) is 3. The van der Waals surface area contributed by atoms with Crippen LogP contribution < -0.4 is 9.47 Å². The van der Waals surface area contributed by atoms with Gasteiger partial charge >= 0.3 is 0 Å². The number of rotatable bonds is 4. The van der Waals surface area contributed by atoms with Crippen molar-refractivity contribution < 1.29 is 14.6 Å². The lowest BCUT2D eigenvalue weighted by Gasteiger charge is -2.18. The summed E-state index contributed by atoms with van der Waals surface area (Å²) in [7, 11) is 3.21. The van der Waals surface area contributed by atoms with Gasteiger partial charge in [0.25, 0.3) is 0 Å². The minimum atomic E-state index is -0.519. The van der Waals surface area contributed by atoms with E-state index in [-0.39, 0.29) is 16.7 Å². The number of aliphatic hydroxyl groups excluding tert-OH is 1. The number of ether oxygens (including phenoxy) is 2. The average molecular weight is 343 g/mol. The van der Waals surface area contributed by atoms with Gasteiger partial charge in [-0.25, -0.2) is 0 Å². The van der Waals surface area contributed by atoms with E-state index in [0.717, 1.165) is 10.0 Å². The predicted molar refractivity (Wildman–Crippen MR) is 83.3 cm³/mol. The maximum Gasteiger partial charge on any atom is 0.161 e. The van der Waals surface area contributed by atoms with E-state index in [4.69, 9.17) is 9.47 Å². The van der Waals surface area contributed by atoms with Gasteiger partial charge in [0.2, 0.25) is 0 Å². The average Bonchev–Trinajstić information content (AvgIpc) is 2.78. The van der Waals surface area contributed by atoms with Crippen molar-refractivity contribution in [1.82, 2.24) is 0 Å². The first kappa shape index (κ1) is 15.6. The minimum Gasteiger partial charge on any atom is -0.493 e. The molecule has 0 aliphatic heterocycles. The lowest BCUT2D eigenvalue weighted by molar-refractivity contribution is 0.129.